The van der Waals surface area contributed by atoms with Crippen molar-refractivity contribution in [1.29, 1.82) is 0 Å². The van der Waals surface area contributed by atoms with Gasteiger partial charge in [0.2, 0.25) is 10.0 Å². The summed E-state index contributed by atoms with van der Waals surface area (Å²) in [5.41, 5.74) is 2.70. The number of sulfonamides is 1. The number of aromatic nitrogens is 1. The minimum absolute atomic E-state index is 0.171. The van der Waals surface area contributed by atoms with Crippen molar-refractivity contribution in [2.45, 2.75) is 6.42 Å². The molecule has 0 aromatic carbocycles. The molecule has 1 aliphatic heterocycles. The average molecular weight is 304 g/mol. The van der Waals surface area contributed by atoms with Crippen LogP contribution in [0.15, 0.2) is 10.9 Å². The molecule has 108 valence electrons. The molecule has 2 N–H and O–H groups in total. The minimum atomic E-state index is -3.17. The number of piperazine rings is 1. The van der Waals surface area contributed by atoms with Gasteiger partial charge in [0, 0.05) is 51.1 Å². The fourth-order valence-corrected chi connectivity index (χ4v) is 3.60. The maximum absolute atomic E-state index is 11.8. The quantitative estimate of drug-likeness (QED) is 0.711. The van der Waals surface area contributed by atoms with Gasteiger partial charge in [-0.05, 0) is 0 Å². The molecular weight excluding hydrogens is 284 g/mol. The third-order valence-corrected chi connectivity index (χ3v) is 5.07. The van der Waals surface area contributed by atoms with E-state index in [1.807, 2.05) is 5.38 Å². The monoisotopic (exact) mass is 304 g/mol. The molecule has 0 saturated carbocycles. The molecule has 2 heterocycles. The van der Waals surface area contributed by atoms with Crippen molar-refractivity contribution in [3.05, 3.63) is 16.6 Å². The minimum Gasteiger partial charge on any atom is -0.314 e. The summed E-state index contributed by atoms with van der Waals surface area (Å²) in [5, 5.41) is 5.19. The molecule has 0 atom stereocenters. The van der Waals surface area contributed by atoms with Crippen LogP contribution in [-0.4, -0.2) is 63.3 Å². The zero-order valence-corrected chi connectivity index (χ0v) is 12.5. The lowest BCUT2D eigenvalue weighted by Gasteiger charge is -2.26. The normalized spacial score (nSPS) is 17.7. The van der Waals surface area contributed by atoms with Gasteiger partial charge >= 0.3 is 0 Å². The molecule has 2 rings (SSSR count). The fraction of sp³-hybridized carbons (Fsp3) is 0.727. The van der Waals surface area contributed by atoms with E-state index in [0.29, 0.717) is 19.5 Å². The number of nitrogens with one attached hydrogen (secondary N) is 2. The molecule has 1 aromatic heterocycles. The van der Waals surface area contributed by atoms with Crippen LogP contribution in [-0.2, 0) is 16.4 Å². The largest absolute Gasteiger partial charge is 0.314 e. The van der Waals surface area contributed by atoms with Gasteiger partial charge in [-0.3, -0.25) is 4.90 Å². The lowest BCUT2D eigenvalue weighted by molar-refractivity contribution is 0.253. The van der Waals surface area contributed by atoms with Crippen LogP contribution in [0.1, 0.15) is 5.69 Å². The molecule has 1 aromatic rings. The van der Waals surface area contributed by atoms with E-state index in [9.17, 15) is 8.42 Å². The average Bonchev–Trinajstić information content (AvgIpc) is 2.91. The number of nitrogens with zero attached hydrogens (tertiary/aromatic N) is 2. The molecule has 0 amide bonds. The highest BCUT2D eigenvalue weighted by molar-refractivity contribution is 7.89. The van der Waals surface area contributed by atoms with Gasteiger partial charge in [0.15, 0.2) is 0 Å². The third-order valence-electron chi connectivity index (χ3n) is 3.07. The Morgan fingerprint density at radius 3 is 2.89 bits per heavy atom. The summed E-state index contributed by atoms with van der Waals surface area (Å²) in [6.07, 6.45) is 0.649. The SMILES string of the molecule is O=S(=O)(CCN1CCNCC1)NCCc1cscn1. The van der Waals surface area contributed by atoms with Crippen molar-refractivity contribution in [3.8, 4) is 0 Å². The summed E-state index contributed by atoms with van der Waals surface area (Å²) in [6, 6.07) is 0. The Balaban J connectivity index is 1.66. The first-order valence-electron chi connectivity index (χ1n) is 6.43. The van der Waals surface area contributed by atoms with Crippen molar-refractivity contribution < 1.29 is 8.42 Å². The molecule has 0 aliphatic carbocycles. The van der Waals surface area contributed by atoms with E-state index in [2.05, 4.69) is 19.9 Å². The summed E-state index contributed by atoms with van der Waals surface area (Å²) >= 11 is 1.53. The maximum atomic E-state index is 11.8. The molecule has 1 aliphatic rings. The smallest absolute Gasteiger partial charge is 0.212 e. The van der Waals surface area contributed by atoms with Crippen LogP contribution in [0.25, 0.3) is 0 Å². The summed E-state index contributed by atoms with van der Waals surface area (Å²) in [4.78, 5) is 6.30. The Morgan fingerprint density at radius 2 is 2.21 bits per heavy atom. The van der Waals surface area contributed by atoms with Crippen molar-refractivity contribution in [1.82, 2.24) is 19.9 Å². The number of hydrogen-bond donors (Lipinski definition) is 2. The first-order valence-corrected chi connectivity index (χ1v) is 9.03. The Labute approximate surface area is 118 Å². The van der Waals surface area contributed by atoms with Gasteiger partial charge in [0.05, 0.1) is 17.0 Å². The molecule has 6 nitrogen and oxygen atoms in total. The highest BCUT2D eigenvalue weighted by Gasteiger charge is 2.15. The predicted octanol–water partition coefficient (Wildman–Crippen LogP) is -0.490. The molecule has 8 heteroatoms. The van der Waals surface area contributed by atoms with E-state index in [1.165, 1.54) is 11.3 Å². The van der Waals surface area contributed by atoms with Crippen LogP contribution in [0.3, 0.4) is 0 Å². The summed E-state index contributed by atoms with van der Waals surface area (Å²) in [5.74, 6) is 0.171. The molecular formula is C11H20N4O2S2. The van der Waals surface area contributed by atoms with E-state index >= 15 is 0 Å². The topological polar surface area (TPSA) is 74.3 Å². The van der Waals surface area contributed by atoms with E-state index in [4.69, 9.17) is 0 Å². The second-order valence-corrected chi connectivity index (χ2v) is 7.18. The maximum Gasteiger partial charge on any atom is 0.212 e. The van der Waals surface area contributed by atoms with Crippen LogP contribution in [0.4, 0.5) is 0 Å². The lowest BCUT2D eigenvalue weighted by atomic mass is 10.3. The van der Waals surface area contributed by atoms with Crippen LogP contribution in [0.2, 0.25) is 0 Å². The Hall–Kier alpha value is -0.540. The molecule has 0 bridgehead atoms. The first-order chi connectivity index (χ1) is 9.16. The second kappa shape index (κ2) is 7.30. The van der Waals surface area contributed by atoms with Gasteiger partial charge in [0.1, 0.15) is 0 Å². The molecule has 0 spiro atoms. The van der Waals surface area contributed by atoms with E-state index < -0.39 is 10.0 Å². The number of rotatable bonds is 7. The fourth-order valence-electron chi connectivity index (χ4n) is 1.95. The second-order valence-electron chi connectivity index (χ2n) is 4.53. The first kappa shape index (κ1) is 14.9. The summed E-state index contributed by atoms with van der Waals surface area (Å²) in [6.45, 7) is 4.76. The number of thiazole rings is 1. The van der Waals surface area contributed by atoms with Crippen LogP contribution >= 0.6 is 11.3 Å². The standard InChI is InChI=1S/C11H20N4O2S2/c16-19(17,8-7-15-5-3-12-4-6-15)14-2-1-11-9-18-10-13-11/h9-10,12,14H,1-8H2. The van der Waals surface area contributed by atoms with Crippen molar-refractivity contribution in [2.75, 3.05) is 45.0 Å². The molecule has 0 radical (unpaired) electrons. The van der Waals surface area contributed by atoms with Crippen molar-refractivity contribution >= 4 is 21.4 Å². The highest BCUT2D eigenvalue weighted by atomic mass is 32.2. The van der Waals surface area contributed by atoms with Gasteiger partial charge in [-0.25, -0.2) is 18.1 Å². The van der Waals surface area contributed by atoms with Crippen LogP contribution in [0.5, 0.6) is 0 Å². The van der Waals surface area contributed by atoms with Gasteiger partial charge in [-0.2, -0.15) is 0 Å². The Bertz CT molecular complexity index is 455. The van der Waals surface area contributed by atoms with Gasteiger partial charge in [-0.1, -0.05) is 0 Å². The van der Waals surface area contributed by atoms with Crippen molar-refractivity contribution in [2.24, 2.45) is 0 Å². The van der Waals surface area contributed by atoms with Crippen LogP contribution < -0.4 is 10.0 Å². The summed E-state index contributed by atoms with van der Waals surface area (Å²) < 4.78 is 26.3. The molecule has 0 unspecified atom stereocenters. The Kier molecular flexibility index (Phi) is 5.71. The third kappa shape index (κ3) is 5.53. The Morgan fingerprint density at radius 1 is 1.42 bits per heavy atom. The molecule has 1 saturated heterocycles. The van der Waals surface area contributed by atoms with E-state index in [-0.39, 0.29) is 5.75 Å². The molecule has 19 heavy (non-hydrogen) atoms. The number of hydrogen-bond acceptors (Lipinski definition) is 6. The van der Waals surface area contributed by atoms with E-state index in [0.717, 1.165) is 31.9 Å². The zero-order chi connectivity index (χ0) is 13.6. The van der Waals surface area contributed by atoms with Gasteiger partial charge < -0.3 is 5.32 Å². The van der Waals surface area contributed by atoms with Gasteiger partial charge in [-0.15, -0.1) is 11.3 Å². The predicted molar refractivity (Wildman–Crippen MR) is 76.9 cm³/mol. The summed E-state index contributed by atoms with van der Waals surface area (Å²) in [7, 11) is -3.17. The van der Waals surface area contributed by atoms with Crippen molar-refractivity contribution in [3.63, 3.8) is 0 Å². The molecule has 1 fully saturated rings. The zero-order valence-electron chi connectivity index (χ0n) is 10.8. The lowest BCUT2D eigenvalue weighted by Crippen LogP contribution is -2.46. The highest BCUT2D eigenvalue weighted by Crippen LogP contribution is 2.01. The van der Waals surface area contributed by atoms with E-state index in [1.54, 1.807) is 5.51 Å². The van der Waals surface area contributed by atoms with Gasteiger partial charge in [0.25, 0.3) is 0 Å². The van der Waals surface area contributed by atoms with Crippen LogP contribution in [0, 0.1) is 0 Å².